The van der Waals surface area contributed by atoms with Crippen molar-refractivity contribution in [2.24, 2.45) is 0 Å². The minimum absolute atomic E-state index is 0.542. The maximum Gasteiger partial charge on any atom is 0.0461 e. The molecule has 0 N–H and O–H groups in total. The van der Waals surface area contributed by atoms with E-state index >= 15 is 0 Å². The van der Waals surface area contributed by atoms with Crippen LogP contribution in [-0.2, 0) is 12.8 Å². The van der Waals surface area contributed by atoms with Gasteiger partial charge in [0, 0.05) is 11.9 Å². The summed E-state index contributed by atoms with van der Waals surface area (Å²) in [6.45, 7) is 8.77. The first-order valence-electron chi connectivity index (χ1n) is 5.16. The molecule has 0 radical (unpaired) electrons. The summed E-state index contributed by atoms with van der Waals surface area (Å²) >= 11 is 0. The number of hydrogen-bond donors (Lipinski definition) is 0. The third-order valence-corrected chi connectivity index (χ3v) is 2.39. The van der Waals surface area contributed by atoms with Gasteiger partial charge in [-0.15, -0.1) is 0 Å². The second-order valence-corrected chi connectivity index (χ2v) is 3.75. The number of pyridine rings is 1. The molecule has 13 heavy (non-hydrogen) atoms. The lowest BCUT2D eigenvalue weighted by atomic mass is 10.00. The van der Waals surface area contributed by atoms with Gasteiger partial charge in [0.05, 0.1) is 0 Å². The quantitative estimate of drug-likeness (QED) is 0.690. The summed E-state index contributed by atoms with van der Waals surface area (Å²) in [7, 11) is 0. The van der Waals surface area contributed by atoms with Crippen LogP contribution in [0.25, 0.3) is 0 Å². The third kappa shape index (κ3) is 2.30. The molecule has 0 spiro atoms. The molecule has 1 heterocycles. The molecular weight excluding hydrogens is 158 g/mol. The van der Waals surface area contributed by atoms with E-state index in [1.807, 2.05) is 6.20 Å². The number of aromatic nitrogens is 1. The molecule has 1 nitrogen and oxygen atoms in total. The lowest BCUT2D eigenvalue weighted by Gasteiger charge is -2.11. The van der Waals surface area contributed by atoms with Crippen molar-refractivity contribution in [3.05, 3.63) is 29.1 Å². The Kier molecular flexibility index (Phi) is 3.47. The van der Waals surface area contributed by atoms with Crippen LogP contribution in [0.4, 0.5) is 0 Å². The Bertz CT molecular complexity index is 276. The van der Waals surface area contributed by atoms with Gasteiger partial charge < -0.3 is 0 Å². The zero-order chi connectivity index (χ0) is 9.84. The van der Waals surface area contributed by atoms with Crippen LogP contribution in [0.3, 0.4) is 0 Å². The summed E-state index contributed by atoms with van der Waals surface area (Å²) in [5.74, 6) is 0.542. The van der Waals surface area contributed by atoms with Gasteiger partial charge in [0.2, 0.25) is 0 Å². The fourth-order valence-electron chi connectivity index (χ4n) is 1.57. The highest BCUT2D eigenvalue weighted by molar-refractivity contribution is 5.27. The van der Waals surface area contributed by atoms with E-state index in [0.717, 1.165) is 12.8 Å². The van der Waals surface area contributed by atoms with Crippen molar-refractivity contribution in [2.75, 3.05) is 0 Å². The predicted molar refractivity (Wildman–Crippen MR) is 57.1 cm³/mol. The number of hydrogen-bond acceptors (Lipinski definition) is 1. The molecule has 1 rings (SSSR count). The molecule has 1 aromatic rings. The maximum atomic E-state index is 4.52. The van der Waals surface area contributed by atoms with Crippen molar-refractivity contribution in [1.29, 1.82) is 0 Å². The van der Waals surface area contributed by atoms with Gasteiger partial charge in [-0.3, -0.25) is 4.98 Å². The first-order chi connectivity index (χ1) is 6.19. The van der Waals surface area contributed by atoms with Crippen molar-refractivity contribution in [2.45, 2.75) is 46.5 Å². The van der Waals surface area contributed by atoms with Gasteiger partial charge >= 0.3 is 0 Å². The van der Waals surface area contributed by atoms with E-state index in [0.29, 0.717) is 5.92 Å². The molecule has 0 saturated heterocycles. The van der Waals surface area contributed by atoms with Crippen molar-refractivity contribution < 1.29 is 0 Å². The van der Waals surface area contributed by atoms with E-state index in [9.17, 15) is 0 Å². The van der Waals surface area contributed by atoms with Gasteiger partial charge in [-0.05, 0) is 29.9 Å². The molecule has 0 atom stereocenters. The van der Waals surface area contributed by atoms with Gasteiger partial charge in [-0.25, -0.2) is 0 Å². The van der Waals surface area contributed by atoms with E-state index in [1.54, 1.807) is 0 Å². The predicted octanol–water partition coefficient (Wildman–Crippen LogP) is 3.33. The van der Waals surface area contributed by atoms with Crippen molar-refractivity contribution in [1.82, 2.24) is 4.98 Å². The zero-order valence-electron chi connectivity index (χ0n) is 9.09. The highest BCUT2D eigenvalue weighted by Crippen LogP contribution is 2.18. The van der Waals surface area contributed by atoms with Crippen LogP contribution in [0.1, 0.15) is 50.4 Å². The lowest BCUT2D eigenvalue weighted by Crippen LogP contribution is -2.00. The van der Waals surface area contributed by atoms with Crippen LogP contribution in [0.2, 0.25) is 0 Å². The minimum atomic E-state index is 0.542. The van der Waals surface area contributed by atoms with E-state index in [-0.39, 0.29) is 0 Å². The molecule has 0 aromatic carbocycles. The maximum absolute atomic E-state index is 4.52. The lowest BCUT2D eigenvalue weighted by molar-refractivity contribution is 0.795. The SMILES string of the molecule is CCc1cnc(C(C)C)c(CC)c1. The van der Waals surface area contributed by atoms with E-state index < -0.39 is 0 Å². The topological polar surface area (TPSA) is 12.9 Å². The summed E-state index contributed by atoms with van der Waals surface area (Å²) in [4.78, 5) is 4.52. The Morgan fingerprint density at radius 1 is 1.23 bits per heavy atom. The molecule has 0 aliphatic rings. The fourth-order valence-corrected chi connectivity index (χ4v) is 1.57. The molecule has 0 aliphatic heterocycles. The summed E-state index contributed by atoms with van der Waals surface area (Å²) in [5.41, 5.74) is 4.02. The number of nitrogens with zero attached hydrogens (tertiary/aromatic N) is 1. The van der Waals surface area contributed by atoms with E-state index in [1.165, 1.54) is 16.8 Å². The second-order valence-electron chi connectivity index (χ2n) is 3.75. The summed E-state index contributed by atoms with van der Waals surface area (Å²) in [5, 5.41) is 0. The van der Waals surface area contributed by atoms with Gasteiger partial charge in [-0.1, -0.05) is 33.8 Å². The van der Waals surface area contributed by atoms with Crippen molar-refractivity contribution in [3.63, 3.8) is 0 Å². The zero-order valence-corrected chi connectivity index (χ0v) is 9.09. The Morgan fingerprint density at radius 3 is 2.38 bits per heavy atom. The monoisotopic (exact) mass is 177 g/mol. The second kappa shape index (κ2) is 4.40. The van der Waals surface area contributed by atoms with Crippen LogP contribution < -0.4 is 0 Å². The van der Waals surface area contributed by atoms with Crippen LogP contribution in [-0.4, -0.2) is 4.98 Å². The highest BCUT2D eigenvalue weighted by atomic mass is 14.7. The average molecular weight is 177 g/mol. The number of rotatable bonds is 3. The van der Waals surface area contributed by atoms with Gasteiger partial charge in [0.15, 0.2) is 0 Å². The van der Waals surface area contributed by atoms with Crippen molar-refractivity contribution in [3.8, 4) is 0 Å². The molecule has 1 aromatic heterocycles. The van der Waals surface area contributed by atoms with E-state index in [4.69, 9.17) is 0 Å². The molecule has 0 amide bonds. The average Bonchev–Trinajstić information content (AvgIpc) is 2.16. The fraction of sp³-hybridized carbons (Fsp3) is 0.583. The molecule has 0 aliphatic carbocycles. The van der Waals surface area contributed by atoms with Crippen LogP contribution >= 0.6 is 0 Å². The first-order valence-corrected chi connectivity index (χ1v) is 5.16. The minimum Gasteiger partial charge on any atom is -0.260 e. The molecule has 0 fully saturated rings. The Hall–Kier alpha value is -0.850. The first kappa shape index (κ1) is 10.2. The van der Waals surface area contributed by atoms with Gasteiger partial charge in [-0.2, -0.15) is 0 Å². The highest BCUT2D eigenvalue weighted by Gasteiger charge is 2.06. The summed E-state index contributed by atoms with van der Waals surface area (Å²) in [6.07, 6.45) is 4.18. The molecular formula is C12H19N. The smallest absolute Gasteiger partial charge is 0.0461 e. The third-order valence-electron chi connectivity index (χ3n) is 2.39. The van der Waals surface area contributed by atoms with Crippen molar-refractivity contribution >= 4 is 0 Å². The Labute approximate surface area is 81.2 Å². The normalized spacial score (nSPS) is 10.8. The van der Waals surface area contributed by atoms with Crippen LogP contribution in [0.15, 0.2) is 12.3 Å². The molecule has 0 unspecified atom stereocenters. The summed E-state index contributed by atoms with van der Waals surface area (Å²) in [6, 6.07) is 2.29. The van der Waals surface area contributed by atoms with Gasteiger partial charge in [0.25, 0.3) is 0 Å². The molecule has 1 heteroatoms. The van der Waals surface area contributed by atoms with Crippen LogP contribution in [0.5, 0.6) is 0 Å². The van der Waals surface area contributed by atoms with Crippen LogP contribution in [0, 0.1) is 0 Å². The largest absolute Gasteiger partial charge is 0.260 e. The standard InChI is InChI=1S/C12H19N/c1-5-10-7-11(6-2)12(9(3)4)13-8-10/h7-9H,5-6H2,1-4H3. The molecule has 0 saturated carbocycles. The summed E-state index contributed by atoms with van der Waals surface area (Å²) < 4.78 is 0. The molecule has 72 valence electrons. The van der Waals surface area contributed by atoms with Gasteiger partial charge in [0.1, 0.15) is 0 Å². The number of aryl methyl sites for hydroxylation is 2. The Balaban J connectivity index is 3.08. The Morgan fingerprint density at radius 2 is 1.92 bits per heavy atom. The van der Waals surface area contributed by atoms with E-state index in [2.05, 4.69) is 38.7 Å². The molecule has 0 bridgehead atoms.